The van der Waals surface area contributed by atoms with Crippen LogP contribution in [0.25, 0.3) is 5.65 Å². The largest absolute Gasteiger partial charge is 0.483 e. The van der Waals surface area contributed by atoms with Crippen LogP contribution in [0, 0.1) is 12.7 Å². The Hall–Kier alpha value is -3.11. The van der Waals surface area contributed by atoms with Crippen molar-refractivity contribution < 1.29 is 27.8 Å². The van der Waals surface area contributed by atoms with E-state index in [1.165, 1.54) is 61.8 Å². The van der Waals surface area contributed by atoms with E-state index in [0.29, 0.717) is 5.69 Å². The van der Waals surface area contributed by atoms with Crippen molar-refractivity contribution in [3.05, 3.63) is 70.7 Å². The van der Waals surface area contributed by atoms with Gasteiger partial charge >= 0.3 is 0 Å². The van der Waals surface area contributed by atoms with Crippen LogP contribution in [0.2, 0.25) is 5.02 Å². The molecule has 0 radical (unpaired) electrons. The minimum absolute atomic E-state index is 0.0757. The van der Waals surface area contributed by atoms with Crippen LogP contribution in [-0.4, -0.2) is 42.9 Å². The molecular weight excluding hydrogens is 509 g/mol. The zero-order valence-corrected chi connectivity index (χ0v) is 21.8. The van der Waals surface area contributed by atoms with Crippen molar-refractivity contribution in [3.8, 4) is 5.75 Å². The predicted octanol–water partition coefficient (Wildman–Crippen LogP) is 5.66. The summed E-state index contributed by atoms with van der Waals surface area (Å²) in [5.41, 5.74) is -0.523. The Kier molecular flexibility index (Phi) is 8.86. The van der Waals surface area contributed by atoms with E-state index in [2.05, 4.69) is 15.3 Å². The van der Waals surface area contributed by atoms with Crippen molar-refractivity contribution in [2.45, 2.75) is 71.1 Å². The summed E-state index contributed by atoms with van der Waals surface area (Å²) in [5.74, 6) is -3.85. The van der Waals surface area contributed by atoms with E-state index in [1.807, 2.05) is 0 Å². The molecule has 3 heterocycles. The first kappa shape index (κ1) is 28.5. The number of nitrogens with one attached hydrogen (secondary N) is 1. The first-order valence-corrected chi connectivity index (χ1v) is 12.2. The first-order chi connectivity index (χ1) is 17.3. The van der Waals surface area contributed by atoms with Crippen molar-refractivity contribution in [1.82, 2.24) is 19.7 Å². The normalized spacial score (nSPS) is 13.3. The summed E-state index contributed by atoms with van der Waals surface area (Å²) in [7, 11) is 0. The molecule has 11 heteroatoms. The average Bonchev–Trinajstić information content (AvgIpc) is 3.12. The third-order valence-corrected chi connectivity index (χ3v) is 6.02. The van der Waals surface area contributed by atoms with Gasteiger partial charge in [-0.1, -0.05) is 17.7 Å². The van der Waals surface area contributed by atoms with Gasteiger partial charge in [0.2, 0.25) is 0 Å². The maximum Gasteiger partial charge on any atom is 0.270 e. The molecular formula is C26H30ClF3N4O3. The minimum Gasteiger partial charge on any atom is -0.483 e. The predicted molar refractivity (Wildman–Crippen MR) is 135 cm³/mol. The molecule has 37 heavy (non-hydrogen) atoms. The maximum atomic E-state index is 14.0. The quantitative estimate of drug-likeness (QED) is 0.308. The van der Waals surface area contributed by atoms with Crippen LogP contribution in [0.4, 0.5) is 13.2 Å². The lowest BCUT2D eigenvalue weighted by Gasteiger charge is -2.30. The number of ether oxygens (including phenoxy) is 1. The molecule has 0 saturated carbocycles. The lowest BCUT2D eigenvalue weighted by atomic mass is 9.93. The molecule has 0 fully saturated rings. The van der Waals surface area contributed by atoms with E-state index in [0.717, 1.165) is 6.08 Å². The number of amides is 1. The number of nitrogens with zero attached hydrogens (tertiary/aromatic N) is 3. The van der Waals surface area contributed by atoms with Gasteiger partial charge < -0.3 is 15.2 Å². The monoisotopic (exact) mass is 538 g/mol. The molecule has 3 rings (SSSR count). The molecule has 0 aliphatic heterocycles. The molecule has 1 unspecified atom stereocenters. The second kappa shape index (κ2) is 11.5. The average molecular weight is 539 g/mol. The second-order valence-electron chi connectivity index (χ2n) is 9.32. The number of aliphatic hydroxyl groups is 1. The molecule has 7 nitrogen and oxygen atoms in total. The summed E-state index contributed by atoms with van der Waals surface area (Å²) in [4.78, 5) is 21.7. The van der Waals surface area contributed by atoms with Crippen LogP contribution in [-0.2, 0) is 6.61 Å². The van der Waals surface area contributed by atoms with Crippen molar-refractivity contribution in [3.63, 3.8) is 0 Å². The highest BCUT2D eigenvalue weighted by Gasteiger charge is 2.32. The molecule has 0 bridgehead atoms. The highest BCUT2D eigenvalue weighted by molar-refractivity contribution is 6.30. The third-order valence-electron chi connectivity index (χ3n) is 5.81. The number of hydrogen-bond acceptors (Lipinski definition) is 5. The van der Waals surface area contributed by atoms with Gasteiger partial charge in [-0.2, -0.15) is 0 Å². The van der Waals surface area contributed by atoms with E-state index in [-0.39, 0.29) is 47.3 Å². The standard InChI is InChI=1S/C26H30ClF3N4O3/c1-5-10-26(29,30)11-6-9-21(25(3,4)36)33-24(35)22-16(2)32-23-20(13-17(27)14-34(22)23)37-15-19-18(28)8-7-12-31-19/h5,7-8,10,12-14,21,36H,6,9,11,15H2,1-4H3,(H,33,35). The van der Waals surface area contributed by atoms with Gasteiger partial charge in [0.1, 0.15) is 23.8 Å². The van der Waals surface area contributed by atoms with Crippen molar-refractivity contribution in [1.29, 1.82) is 0 Å². The van der Waals surface area contributed by atoms with E-state index in [9.17, 15) is 23.1 Å². The molecule has 0 aliphatic carbocycles. The Balaban J connectivity index is 1.84. The van der Waals surface area contributed by atoms with E-state index in [4.69, 9.17) is 16.3 Å². The maximum absolute atomic E-state index is 14.0. The summed E-state index contributed by atoms with van der Waals surface area (Å²) in [6.45, 7) is 5.96. The Morgan fingerprint density at radius 1 is 1.38 bits per heavy atom. The van der Waals surface area contributed by atoms with Gasteiger partial charge in [-0.3, -0.25) is 14.2 Å². The van der Waals surface area contributed by atoms with Gasteiger partial charge in [0, 0.05) is 24.9 Å². The summed E-state index contributed by atoms with van der Waals surface area (Å²) >= 11 is 6.27. The summed E-state index contributed by atoms with van der Waals surface area (Å²) < 4.78 is 48.9. The highest BCUT2D eigenvalue weighted by atomic mass is 35.5. The van der Waals surface area contributed by atoms with Gasteiger partial charge in [0.25, 0.3) is 11.8 Å². The van der Waals surface area contributed by atoms with Gasteiger partial charge in [-0.15, -0.1) is 0 Å². The van der Waals surface area contributed by atoms with Crippen molar-refractivity contribution in [2.24, 2.45) is 0 Å². The molecule has 0 spiro atoms. The van der Waals surface area contributed by atoms with Crippen LogP contribution in [0.5, 0.6) is 5.75 Å². The number of imidazole rings is 1. The molecule has 0 saturated heterocycles. The fraction of sp³-hybridized carbons (Fsp3) is 0.423. The van der Waals surface area contributed by atoms with Crippen LogP contribution >= 0.6 is 11.6 Å². The number of halogens is 4. The smallest absolute Gasteiger partial charge is 0.270 e. The molecule has 2 N–H and O–H groups in total. The Labute approximate surface area is 218 Å². The number of pyridine rings is 2. The summed E-state index contributed by atoms with van der Waals surface area (Å²) in [6, 6.07) is 3.42. The van der Waals surface area contributed by atoms with Gasteiger partial charge in [-0.25, -0.2) is 18.2 Å². The van der Waals surface area contributed by atoms with E-state index < -0.39 is 35.7 Å². The number of hydrogen-bond donors (Lipinski definition) is 2. The van der Waals surface area contributed by atoms with Crippen molar-refractivity contribution >= 4 is 23.2 Å². The van der Waals surface area contributed by atoms with Crippen LogP contribution in [0.15, 0.2) is 42.7 Å². The third kappa shape index (κ3) is 7.23. The number of aromatic nitrogens is 3. The van der Waals surface area contributed by atoms with Crippen LogP contribution < -0.4 is 10.1 Å². The number of rotatable bonds is 11. The molecule has 200 valence electrons. The molecule has 3 aromatic rings. The second-order valence-corrected chi connectivity index (χ2v) is 9.75. The SMILES string of the molecule is CC=CC(F)(F)CCCC(NC(=O)c1c(C)nc2c(OCc3ncccc3F)cc(Cl)cn12)C(C)(C)O. The topological polar surface area (TPSA) is 88.8 Å². The lowest BCUT2D eigenvalue weighted by Crippen LogP contribution is -2.49. The summed E-state index contributed by atoms with van der Waals surface area (Å²) in [5, 5.41) is 13.6. The fourth-order valence-corrected chi connectivity index (χ4v) is 4.14. The molecule has 0 aromatic carbocycles. The van der Waals surface area contributed by atoms with E-state index >= 15 is 0 Å². The zero-order valence-electron chi connectivity index (χ0n) is 21.1. The number of allylic oxidation sites excluding steroid dienone is 2. The molecule has 0 aliphatic rings. The number of carbonyl (C=O) groups is 1. The van der Waals surface area contributed by atoms with Gasteiger partial charge in [-0.05, 0) is 58.7 Å². The Morgan fingerprint density at radius 3 is 2.76 bits per heavy atom. The van der Waals surface area contributed by atoms with Gasteiger partial charge in [0.15, 0.2) is 11.4 Å². The first-order valence-electron chi connectivity index (χ1n) is 11.8. The highest BCUT2D eigenvalue weighted by Crippen LogP contribution is 2.29. The minimum atomic E-state index is -2.97. The Morgan fingerprint density at radius 2 is 2.11 bits per heavy atom. The fourth-order valence-electron chi connectivity index (χ4n) is 3.94. The molecule has 3 aromatic heterocycles. The Bertz CT molecular complexity index is 1290. The summed E-state index contributed by atoms with van der Waals surface area (Å²) in [6.07, 6.45) is 4.84. The molecule has 1 atom stereocenters. The number of carbonyl (C=O) groups excluding carboxylic acids is 1. The molecule has 1 amide bonds. The number of alkyl halides is 2. The number of fused-ring (bicyclic) bond motifs is 1. The van der Waals surface area contributed by atoms with Crippen molar-refractivity contribution in [2.75, 3.05) is 0 Å². The van der Waals surface area contributed by atoms with Crippen LogP contribution in [0.1, 0.15) is 61.9 Å². The lowest BCUT2D eigenvalue weighted by molar-refractivity contribution is 0.0195. The number of aryl methyl sites for hydroxylation is 1. The van der Waals surface area contributed by atoms with Gasteiger partial charge in [0.05, 0.1) is 22.4 Å². The van der Waals surface area contributed by atoms with E-state index in [1.54, 1.807) is 6.92 Å². The zero-order chi connectivity index (χ0) is 27.4. The van der Waals surface area contributed by atoms with Crippen LogP contribution in [0.3, 0.4) is 0 Å².